The topological polar surface area (TPSA) is 84.6 Å². The molecule has 1 aliphatic carbocycles. The Hall–Kier alpha value is -1.24. The highest BCUT2D eigenvalue weighted by atomic mass is 15.1. The van der Waals surface area contributed by atoms with Crippen LogP contribution < -0.4 is 5.32 Å². The summed E-state index contributed by atoms with van der Waals surface area (Å²) in [6.07, 6.45) is 5.22. The van der Waals surface area contributed by atoms with Crippen molar-refractivity contribution in [3.63, 3.8) is 0 Å². The Morgan fingerprint density at radius 3 is 2.94 bits per heavy atom. The van der Waals surface area contributed by atoms with Crippen LogP contribution in [0.4, 0.5) is 0 Å². The first-order valence-corrected chi connectivity index (χ1v) is 6.83. The summed E-state index contributed by atoms with van der Waals surface area (Å²) in [6.45, 7) is 5.64. The van der Waals surface area contributed by atoms with E-state index in [4.69, 9.17) is 5.53 Å². The maximum absolute atomic E-state index is 9.57. The van der Waals surface area contributed by atoms with Crippen molar-refractivity contribution < 1.29 is 0 Å². The molecule has 5 heteroatoms. The molecule has 100 valence electrons. The fourth-order valence-corrected chi connectivity index (χ4v) is 3.01. The number of rotatable bonds is 6. The average molecular weight is 249 g/mol. The van der Waals surface area contributed by atoms with Gasteiger partial charge in [-0.3, -0.25) is 5.32 Å². The van der Waals surface area contributed by atoms with Crippen LogP contribution in [0.5, 0.6) is 0 Å². The van der Waals surface area contributed by atoms with Gasteiger partial charge in [0.25, 0.3) is 0 Å². The number of hydrogen-bond donors (Lipinski definition) is 1. The summed E-state index contributed by atoms with van der Waals surface area (Å²) in [5.74, 6) is 0.949. The Labute approximate surface area is 109 Å². The van der Waals surface area contributed by atoms with E-state index in [0.29, 0.717) is 18.4 Å². The lowest BCUT2D eigenvalue weighted by Gasteiger charge is -2.42. The zero-order valence-electron chi connectivity index (χ0n) is 11.4. The van der Waals surface area contributed by atoms with E-state index in [0.717, 1.165) is 32.2 Å². The Balaban J connectivity index is 2.58. The summed E-state index contributed by atoms with van der Waals surface area (Å²) < 4.78 is 0. The summed E-state index contributed by atoms with van der Waals surface area (Å²) in [5.41, 5.74) is 7.84. The molecule has 0 aromatic rings. The second-order valence-electron chi connectivity index (χ2n) is 5.41. The third-order valence-electron chi connectivity index (χ3n) is 3.91. The first-order chi connectivity index (χ1) is 8.66. The molecule has 0 radical (unpaired) electrons. The van der Waals surface area contributed by atoms with Crippen LogP contribution in [0.2, 0.25) is 0 Å². The summed E-state index contributed by atoms with van der Waals surface area (Å²) in [7, 11) is 0. The van der Waals surface area contributed by atoms with Gasteiger partial charge in [-0.05, 0) is 43.2 Å². The van der Waals surface area contributed by atoms with E-state index in [1.807, 2.05) is 0 Å². The molecule has 1 N–H and O–H groups in total. The molecule has 0 aromatic carbocycles. The van der Waals surface area contributed by atoms with Gasteiger partial charge in [-0.15, -0.1) is 0 Å². The van der Waals surface area contributed by atoms with Gasteiger partial charge in [0, 0.05) is 11.5 Å². The molecule has 1 fully saturated rings. The van der Waals surface area contributed by atoms with E-state index in [-0.39, 0.29) is 5.54 Å². The molecule has 2 atom stereocenters. The van der Waals surface area contributed by atoms with Gasteiger partial charge >= 0.3 is 0 Å². The summed E-state index contributed by atoms with van der Waals surface area (Å²) in [4.78, 5) is 2.73. The van der Waals surface area contributed by atoms with Crippen LogP contribution in [0.25, 0.3) is 10.4 Å². The summed E-state index contributed by atoms with van der Waals surface area (Å²) in [6, 6.07) is 2.53. The molecule has 1 rings (SSSR count). The van der Waals surface area contributed by atoms with Gasteiger partial charge in [0.05, 0.1) is 6.07 Å². The van der Waals surface area contributed by atoms with Gasteiger partial charge in [0.1, 0.15) is 5.54 Å². The van der Waals surface area contributed by atoms with Gasteiger partial charge < -0.3 is 0 Å². The first-order valence-electron chi connectivity index (χ1n) is 6.83. The molecule has 0 bridgehead atoms. The third-order valence-corrected chi connectivity index (χ3v) is 3.91. The van der Waals surface area contributed by atoms with Crippen LogP contribution >= 0.6 is 0 Å². The SMILES string of the molecule is CC(C)C1CCCCC1(C#N)NCCCN=[N+]=[N-]. The molecular weight excluding hydrogens is 226 g/mol. The highest BCUT2D eigenvalue weighted by molar-refractivity contribution is 5.13. The molecule has 1 aliphatic rings. The van der Waals surface area contributed by atoms with Crippen LogP contribution in [0.15, 0.2) is 5.11 Å². The van der Waals surface area contributed by atoms with Gasteiger partial charge in [0.2, 0.25) is 0 Å². The molecule has 18 heavy (non-hydrogen) atoms. The zero-order chi connectivity index (χ0) is 13.4. The second-order valence-corrected chi connectivity index (χ2v) is 5.41. The average Bonchev–Trinajstić information content (AvgIpc) is 2.38. The molecule has 5 nitrogen and oxygen atoms in total. The lowest BCUT2D eigenvalue weighted by atomic mass is 9.68. The van der Waals surface area contributed by atoms with Gasteiger partial charge in [-0.1, -0.05) is 31.8 Å². The van der Waals surface area contributed by atoms with E-state index in [9.17, 15) is 5.26 Å². The molecule has 1 saturated carbocycles. The van der Waals surface area contributed by atoms with Crippen LogP contribution in [0.3, 0.4) is 0 Å². The van der Waals surface area contributed by atoms with Gasteiger partial charge in [-0.25, -0.2) is 0 Å². The molecule has 0 saturated heterocycles. The number of nitrogens with zero attached hydrogens (tertiary/aromatic N) is 4. The van der Waals surface area contributed by atoms with Gasteiger partial charge in [0.15, 0.2) is 0 Å². The van der Waals surface area contributed by atoms with E-state index in [2.05, 4.69) is 35.3 Å². The van der Waals surface area contributed by atoms with Crippen molar-refractivity contribution in [2.45, 2.75) is 51.5 Å². The number of nitriles is 1. The fraction of sp³-hybridized carbons (Fsp3) is 0.923. The number of hydrogen-bond acceptors (Lipinski definition) is 3. The van der Waals surface area contributed by atoms with Crippen LogP contribution in [-0.4, -0.2) is 18.6 Å². The predicted octanol–water partition coefficient (Wildman–Crippen LogP) is 3.38. The van der Waals surface area contributed by atoms with Crippen LogP contribution in [-0.2, 0) is 0 Å². The minimum atomic E-state index is -0.372. The highest BCUT2D eigenvalue weighted by Crippen LogP contribution is 2.38. The fourth-order valence-electron chi connectivity index (χ4n) is 3.01. The predicted molar refractivity (Wildman–Crippen MR) is 71.8 cm³/mol. The Bertz CT molecular complexity index is 340. The Morgan fingerprint density at radius 2 is 2.33 bits per heavy atom. The van der Waals surface area contributed by atoms with E-state index in [1.165, 1.54) is 6.42 Å². The van der Waals surface area contributed by atoms with Crippen molar-refractivity contribution in [3.8, 4) is 6.07 Å². The molecule has 2 unspecified atom stereocenters. The third kappa shape index (κ3) is 3.63. The standard InChI is InChI=1S/C13H23N5/c1-11(2)12-6-3-4-7-13(12,10-14)16-8-5-9-17-18-15/h11-12,16H,3-9H2,1-2H3. The quantitative estimate of drug-likeness (QED) is 0.338. The monoisotopic (exact) mass is 249 g/mol. The van der Waals surface area contributed by atoms with Crippen LogP contribution in [0, 0.1) is 23.2 Å². The Morgan fingerprint density at radius 1 is 1.56 bits per heavy atom. The lowest BCUT2D eigenvalue weighted by Crippen LogP contribution is -2.54. The second kappa shape index (κ2) is 7.25. The molecular formula is C13H23N5. The summed E-state index contributed by atoms with van der Waals surface area (Å²) >= 11 is 0. The number of azide groups is 1. The molecule has 0 heterocycles. The molecule has 0 amide bonds. The van der Waals surface area contributed by atoms with Crippen molar-refractivity contribution in [1.82, 2.24) is 5.32 Å². The molecule has 0 aliphatic heterocycles. The Kier molecular flexibility index (Phi) is 5.97. The smallest absolute Gasteiger partial charge is 0.109 e. The van der Waals surface area contributed by atoms with Crippen molar-refractivity contribution in [3.05, 3.63) is 10.4 Å². The molecule has 0 aromatic heterocycles. The minimum absolute atomic E-state index is 0.372. The van der Waals surface area contributed by atoms with E-state index < -0.39 is 0 Å². The van der Waals surface area contributed by atoms with Crippen LogP contribution in [0.1, 0.15) is 46.0 Å². The first kappa shape index (κ1) is 14.8. The highest BCUT2D eigenvalue weighted by Gasteiger charge is 2.41. The molecule has 0 spiro atoms. The maximum Gasteiger partial charge on any atom is 0.109 e. The van der Waals surface area contributed by atoms with Crippen molar-refractivity contribution >= 4 is 0 Å². The zero-order valence-corrected chi connectivity index (χ0v) is 11.4. The van der Waals surface area contributed by atoms with Crippen molar-refractivity contribution in [2.75, 3.05) is 13.1 Å². The maximum atomic E-state index is 9.57. The van der Waals surface area contributed by atoms with Crippen molar-refractivity contribution in [2.24, 2.45) is 17.0 Å². The summed E-state index contributed by atoms with van der Waals surface area (Å²) in [5, 5.41) is 16.5. The van der Waals surface area contributed by atoms with E-state index >= 15 is 0 Å². The minimum Gasteiger partial charge on any atom is -0.299 e. The van der Waals surface area contributed by atoms with Gasteiger partial charge in [-0.2, -0.15) is 5.26 Å². The normalized spacial score (nSPS) is 27.6. The van der Waals surface area contributed by atoms with E-state index in [1.54, 1.807) is 0 Å². The van der Waals surface area contributed by atoms with Crippen molar-refractivity contribution in [1.29, 1.82) is 5.26 Å². The number of nitrogens with one attached hydrogen (secondary N) is 1. The lowest BCUT2D eigenvalue weighted by molar-refractivity contribution is 0.150. The largest absolute Gasteiger partial charge is 0.299 e.